The molecule has 0 aliphatic rings. The minimum absolute atomic E-state index is 0.0685. The van der Waals surface area contributed by atoms with Gasteiger partial charge < -0.3 is 5.32 Å². The van der Waals surface area contributed by atoms with Crippen molar-refractivity contribution < 1.29 is 4.79 Å². The maximum atomic E-state index is 12.7. The van der Waals surface area contributed by atoms with E-state index in [-0.39, 0.29) is 16.7 Å². The lowest BCUT2D eigenvalue weighted by atomic mass is 10.2. The number of thioether (sulfide) groups is 1. The van der Waals surface area contributed by atoms with Gasteiger partial charge in [-0.2, -0.15) is 0 Å². The molecule has 7 heteroatoms. The zero-order valence-electron chi connectivity index (χ0n) is 13.4. The first-order valence-corrected chi connectivity index (χ1v) is 8.88. The molecule has 0 aliphatic heterocycles. The molecule has 1 amide bonds. The zero-order chi connectivity index (χ0) is 17.0. The topological polar surface area (TPSA) is 64.0 Å². The molecule has 0 aliphatic carbocycles. The van der Waals surface area contributed by atoms with Crippen LogP contribution in [0.15, 0.2) is 28.2 Å². The van der Waals surface area contributed by atoms with E-state index in [4.69, 9.17) is 11.6 Å². The van der Waals surface area contributed by atoms with Crippen molar-refractivity contribution in [3.63, 3.8) is 0 Å². The van der Waals surface area contributed by atoms with Crippen molar-refractivity contribution in [1.29, 1.82) is 0 Å². The van der Waals surface area contributed by atoms with Gasteiger partial charge in [-0.05, 0) is 38.5 Å². The van der Waals surface area contributed by atoms with Crippen LogP contribution < -0.4 is 10.9 Å². The summed E-state index contributed by atoms with van der Waals surface area (Å²) in [6, 6.07) is 5.06. The fraction of sp³-hybridized carbons (Fsp3) is 0.438. The summed E-state index contributed by atoms with van der Waals surface area (Å²) in [5.41, 5.74) is 0.458. The van der Waals surface area contributed by atoms with Gasteiger partial charge in [0.15, 0.2) is 5.16 Å². The van der Waals surface area contributed by atoms with E-state index < -0.39 is 0 Å². The predicted molar refractivity (Wildman–Crippen MR) is 95.3 cm³/mol. The van der Waals surface area contributed by atoms with Crippen molar-refractivity contribution in [2.75, 3.05) is 6.54 Å². The van der Waals surface area contributed by atoms with Crippen LogP contribution in [0, 0.1) is 0 Å². The summed E-state index contributed by atoms with van der Waals surface area (Å²) in [5.74, 6) is -0.0685. The van der Waals surface area contributed by atoms with Crippen LogP contribution in [0.1, 0.15) is 27.2 Å². The Balaban J connectivity index is 2.50. The summed E-state index contributed by atoms with van der Waals surface area (Å²) in [4.78, 5) is 29.2. The van der Waals surface area contributed by atoms with E-state index in [1.807, 2.05) is 13.8 Å². The highest BCUT2D eigenvalue weighted by molar-refractivity contribution is 8.00. The van der Waals surface area contributed by atoms with Gasteiger partial charge in [-0.25, -0.2) is 4.98 Å². The second-order valence-electron chi connectivity index (χ2n) is 5.17. The number of aromatic nitrogens is 2. The Morgan fingerprint density at radius 1 is 1.43 bits per heavy atom. The fourth-order valence-electron chi connectivity index (χ4n) is 2.21. The summed E-state index contributed by atoms with van der Waals surface area (Å²) in [5, 5.41) is 4.07. The van der Waals surface area contributed by atoms with Crippen LogP contribution in [0.4, 0.5) is 0 Å². The van der Waals surface area contributed by atoms with Gasteiger partial charge in [0.1, 0.15) is 0 Å². The van der Waals surface area contributed by atoms with Crippen LogP contribution in [-0.2, 0) is 11.3 Å². The molecule has 1 heterocycles. The molecule has 0 unspecified atom stereocenters. The van der Waals surface area contributed by atoms with Crippen LogP contribution in [0.3, 0.4) is 0 Å². The van der Waals surface area contributed by atoms with Gasteiger partial charge in [0.05, 0.1) is 16.2 Å². The summed E-state index contributed by atoms with van der Waals surface area (Å²) >= 11 is 7.29. The molecular formula is C16H20ClN3O2S. The summed E-state index contributed by atoms with van der Waals surface area (Å²) < 4.78 is 1.64. The third kappa shape index (κ3) is 4.06. The molecule has 1 N–H and O–H groups in total. The Kier molecular flexibility index (Phi) is 6.07. The van der Waals surface area contributed by atoms with Crippen LogP contribution in [0.5, 0.6) is 0 Å². The van der Waals surface area contributed by atoms with Crippen molar-refractivity contribution in [1.82, 2.24) is 14.9 Å². The number of nitrogens with one attached hydrogen (secondary N) is 1. The largest absolute Gasteiger partial charge is 0.355 e. The summed E-state index contributed by atoms with van der Waals surface area (Å²) in [7, 11) is 0. The van der Waals surface area contributed by atoms with Crippen molar-refractivity contribution in [3.8, 4) is 0 Å². The quantitative estimate of drug-likeness (QED) is 0.640. The van der Waals surface area contributed by atoms with Gasteiger partial charge in [-0.1, -0.05) is 30.3 Å². The molecule has 23 heavy (non-hydrogen) atoms. The second-order valence-corrected chi connectivity index (χ2v) is 6.91. The number of halogens is 1. The molecule has 0 saturated carbocycles. The first kappa shape index (κ1) is 17.8. The maximum Gasteiger partial charge on any atom is 0.262 e. The van der Waals surface area contributed by atoms with Crippen molar-refractivity contribution in [3.05, 3.63) is 33.6 Å². The SMILES string of the molecule is CCCn1c(S[C@H](C)C(=O)NCC)nc2cc(Cl)ccc2c1=O. The van der Waals surface area contributed by atoms with E-state index in [0.717, 1.165) is 6.42 Å². The summed E-state index contributed by atoms with van der Waals surface area (Å²) in [6.07, 6.45) is 0.809. The number of nitrogens with zero attached hydrogens (tertiary/aromatic N) is 2. The van der Waals surface area contributed by atoms with E-state index in [2.05, 4.69) is 10.3 Å². The highest BCUT2D eigenvalue weighted by Gasteiger charge is 2.18. The normalized spacial score (nSPS) is 12.3. The van der Waals surface area contributed by atoms with Crippen LogP contribution in [-0.4, -0.2) is 27.3 Å². The van der Waals surface area contributed by atoms with Crippen LogP contribution >= 0.6 is 23.4 Å². The van der Waals surface area contributed by atoms with Crippen LogP contribution in [0.25, 0.3) is 10.9 Å². The van der Waals surface area contributed by atoms with Crippen LogP contribution in [0.2, 0.25) is 5.02 Å². The lowest BCUT2D eigenvalue weighted by Gasteiger charge is -2.15. The molecule has 5 nitrogen and oxygen atoms in total. The molecule has 0 bridgehead atoms. The van der Waals surface area contributed by atoms with Gasteiger partial charge >= 0.3 is 0 Å². The number of fused-ring (bicyclic) bond motifs is 1. The predicted octanol–water partition coefficient (Wildman–Crippen LogP) is 3.08. The summed E-state index contributed by atoms with van der Waals surface area (Å²) in [6.45, 7) is 6.82. The van der Waals surface area contributed by atoms with Gasteiger partial charge in [-0.3, -0.25) is 14.2 Å². The number of carbonyl (C=O) groups excluding carboxylic acids is 1. The molecule has 1 atom stereocenters. The number of carbonyl (C=O) groups is 1. The second kappa shape index (κ2) is 7.84. The number of benzene rings is 1. The Labute approximate surface area is 144 Å². The van der Waals surface area contributed by atoms with Gasteiger partial charge in [0.2, 0.25) is 5.91 Å². The first-order valence-electron chi connectivity index (χ1n) is 7.62. The Morgan fingerprint density at radius 3 is 2.83 bits per heavy atom. The standard InChI is InChI=1S/C16H20ClN3O2S/c1-4-8-20-15(22)12-7-6-11(17)9-13(12)19-16(20)23-10(3)14(21)18-5-2/h6-7,9-10H,4-5,8H2,1-3H3,(H,18,21)/t10-/m1/s1. The van der Waals surface area contributed by atoms with E-state index in [0.29, 0.717) is 34.2 Å². The van der Waals surface area contributed by atoms with E-state index >= 15 is 0 Å². The number of rotatable bonds is 6. The van der Waals surface area contributed by atoms with E-state index in [1.54, 1.807) is 29.7 Å². The molecular weight excluding hydrogens is 334 g/mol. The monoisotopic (exact) mass is 353 g/mol. The highest BCUT2D eigenvalue weighted by Crippen LogP contribution is 2.24. The van der Waals surface area contributed by atoms with Gasteiger partial charge in [-0.15, -0.1) is 0 Å². The smallest absolute Gasteiger partial charge is 0.262 e. The van der Waals surface area contributed by atoms with Crippen molar-refractivity contribution in [2.24, 2.45) is 0 Å². The van der Waals surface area contributed by atoms with Gasteiger partial charge in [0, 0.05) is 18.1 Å². The van der Waals surface area contributed by atoms with Gasteiger partial charge in [0.25, 0.3) is 5.56 Å². The zero-order valence-corrected chi connectivity index (χ0v) is 15.0. The lowest BCUT2D eigenvalue weighted by Crippen LogP contribution is -2.31. The average molecular weight is 354 g/mol. The first-order chi connectivity index (χ1) is 11.0. The Bertz CT molecular complexity index is 776. The number of hydrogen-bond acceptors (Lipinski definition) is 4. The number of hydrogen-bond donors (Lipinski definition) is 1. The molecule has 124 valence electrons. The van der Waals surface area contributed by atoms with E-state index in [9.17, 15) is 9.59 Å². The molecule has 0 saturated heterocycles. The molecule has 0 spiro atoms. The third-order valence-corrected chi connectivity index (χ3v) is 4.66. The lowest BCUT2D eigenvalue weighted by molar-refractivity contribution is -0.120. The third-order valence-electron chi connectivity index (χ3n) is 3.33. The molecule has 1 aromatic heterocycles. The minimum Gasteiger partial charge on any atom is -0.355 e. The van der Waals surface area contributed by atoms with Crippen molar-refractivity contribution in [2.45, 2.75) is 44.1 Å². The fourth-order valence-corrected chi connectivity index (χ4v) is 3.34. The minimum atomic E-state index is -0.332. The molecule has 2 rings (SSSR count). The molecule has 2 aromatic rings. The number of amides is 1. The Morgan fingerprint density at radius 2 is 2.17 bits per heavy atom. The highest BCUT2D eigenvalue weighted by atomic mass is 35.5. The Hall–Kier alpha value is -1.53. The molecule has 1 aromatic carbocycles. The van der Waals surface area contributed by atoms with E-state index in [1.165, 1.54) is 11.8 Å². The molecule has 0 radical (unpaired) electrons. The maximum absolute atomic E-state index is 12.7. The van der Waals surface area contributed by atoms with Crippen molar-refractivity contribution >= 4 is 40.2 Å². The molecule has 0 fully saturated rings. The average Bonchev–Trinajstić information content (AvgIpc) is 2.51.